The molecule has 446 valence electrons. The van der Waals surface area contributed by atoms with Gasteiger partial charge in [0, 0.05) is 62.6 Å². The van der Waals surface area contributed by atoms with Crippen LogP contribution in [0.4, 0.5) is 21.9 Å². The average molecular weight is 1170 g/mol. The SMILES string of the molecule is C=C1C[C@H]2CNc3cc(OCc4cc(C(=O)OC)cc(COc5cc6c(cc5OC)C(=O)N5CC(=C)C[C@H]5[C@H](O)N6C(=O)OCc5ccc(NC(=O)[C@H](C)NC(=O)[C@@H](NC(=O)CCN6C(=O)C=CC6=O)C(C)C)cc5)n4)c(OC)cc3C(=O)N2C1. The molecule has 6 heterocycles. The van der Waals surface area contributed by atoms with Crippen LogP contribution in [-0.4, -0.2) is 156 Å². The Balaban J connectivity index is 0.869. The summed E-state index contributed by atoms with van der Waals surface area (Å²) in [4.78, 5) is 128. The van der Waals surface area contributed by atoms with E-state index in [1.54, 1.807) is 55.1 Å². The number of nitrogens with zero attached hydrogens (tertiary/aromatic N) is 5. The molecule has 8 amide bonds. The highest BCUT2D eigenvalue weighted by atomic mass is 16.6. The summed E-state index contributed by atoms with van der Waals surface area (Å²) in [5.41, 5.74) is 4.00. The number of methoxy groups -OCH3 is 3. The number of aliphatic hydroxyl groups excluding tert-OH is 1. The number of fused-ring (bicyclic) bond motifs is 4. The summed E-state index contributed by atoms with van der Waals surface area (Å²) < 4.78 is 34.8. The van der Waals surface area contributed by atoms with Crippen molar-refractivity contribution < 1.29 is 76.7 Å². The van der Waals surface area contributed by atoms with Gasteiger partial charge in [-0.25, -0.2) is 14.5 Å². The van der Waals surface area contributed by atoms with Gasteiger partial charge in [-0.1, -0.05) is 50.3 Å². The Morgan fingerprint density at radius 2 is 1.35 bits per heavy atom. The van der Waals surface area contributed by atoms with Crippen molar-refractivity contribution in [3.8, 4) is 23.0 Å². The van der Waals surface area contributed by atoms with Crippen molar-refractivity contribution in [2.45, 2.75) is 90.2 Å². The number of aliphatic hydroxyl groups is 1. The van der Waals surface area contributed by atoms with Crippen molar-refractivity contribution in [3.63, 3.8) is 0 Å². The quantitative estimate of drug-likeness (QED) is 0.0466. The van der Waals surface area contributed by atoms with Gasteiger partial charge in [0.2, 0.25) is 17.7 Å². The van der Waals surface area contributed by atoms with Crippen LogP contribution >= 0.6 is 0 Å². The lowest BCUT2D eigenvalue weighted by molar-refractivity contribution is -0.137. The molecule has 0 spiro atoms. The van der Waals surface area contributed by atoms with E-state index in [2.05, 4.69) is 34.4 Å². The molecule has 1 aromatic heterocycles. The number of carbonyl (C=O) groups excluding carboxylic acids is 9. The van der Waals surface area contributed by atoms with Crippen LogP contribution in [0, 0.1) is 5.92 Å². The van der Waals surface area contributed by atoms with Gasteiger partial charge in [-0.3, -0.25) is 43.4 Å². The van der Waals surface area contributed by atoms with E-state index < -0.39 is 71.9 Å². The average Bonchev–Trinajstić information content (AvgIpc) is 4.38. The maximum atomic E-state index is 14.4. The lowest BCUT2D eigenvalue weighted by Gasteiger charge is -2.31. The van der Waals surface area contributed by atoms with Crippen LogP contribution in [0.2, 0.25) is 0 Å². The predicted octanol–water partition coefficient (Wildman–Crippen LogP) is 4.38. The first kappa shape index (κ1) is 59.8. The zero-order valence-electron chi connectivity index (χ0n) is 47.7. The molecule has 3 aromatic carbocycles. The van der Waals surface area contributed by atoms with E-state index in [-0.39, 0.29) is 97.6 Å². The predicted molar refractivity (Wildman–Crippen MR) is 304 cm³/mol. The van der Waals surface area contributed by atoms with E-state index in [1.165, 1.54) is 57.4 Å². The lowest BCUT2D eigenvalue weighted by atomic mass is 10.0. The molecule has 0 radical (unpaired) electrons. The van der Waals surface area contributed by atoms with Gasteiger partial charge >= 0.3 is 12.1 Å². The van der Waals surface area contributed by atoms with Gasteiger partial charge in [-0.15, -0.1) is 0 Å². The number of imide groups is 1. The number of hydrogen-bond acceptors (Lipinski definition) is 18. The highest BCUT2D eigenvalue weighted by Crippen LogP contribution is 2.43. The second kappa shape index (κ2) is 25.4. The van der Waals surface area contributed by atoms with Crippen LogP contribution in [0.3, 0.4) is 0 Å². The fraction of sp³-hybridized carbons (Fsp3) is 0.367. The van der Waals surface area contributed by atoms with E-state index in [0.717, 1.165) is 27.5 Å². The summed E-state index contributed by atoms with van der Waals surface area (Å²) in [5.74, 6) is -3.88. The molecule has 9 rings (SSSR count). The van der Waals surface area contributed by atoms with Gasteiger partial charge in [0.1, 0.15) is 31.9 Å². The van der Waals surface area contributed by atoms with E-state index in [1.807, 2.05) is 0 Å². The van der Waals surface area contributed by atoms with Crippen molar-refractivity contribution >= 4 is 70.5 Å². The van der Waals surface area contributed by atoms with Crippen LogP contribution in [-0.2, 0) is 53.3 Å². The normalized spacial score (nSPS) is 18.5. The van der Waals surface area contributed by atoms with E-state index in [4.69, 9.17) is 33.4 Å². The molecule has 25 heteroatoms. The summed E-state index contributed by atoms with van der Waals surface area (Å²) in [6, 6.07) is 12.2. The zero-order valence-corrected chi connectivity index (χ0v) is 47.7. The number of ether oxygens (including phenoxy) is 6. The lowest BCUT2D eigenvalue weighted by Crippen LogP contribution is -2.54. The number of esters is 1. The number of hydrogen-bond donors (Lipinski definition) is 5. The minimum absolute atomic E-state index is 0.0138. The maximum absolute atomic E-state index is 14.4. The molecule has 0 aliphatic carbocycles. The number of nitrogens with one attached hydrogen (secondary N) is 4. The van der Waals surface area contributed by atoms with Gasteiger partial charge in [-0.05, 0) is 67.6 Å². The van der Waals surface area contributed by atoms with Crippen molar-refractivity contribution in [2.75, 3.05) is 63.0 Å². The van der Waals surface area contributed by atoms with Crippen molar-refractivity contribution in [3.05, 3.63) is 131 Å². The number of pyridine rings is 1. The fourth-order valence-corrected chi connectivity index (χ4v) is 10.5. The number of carbonyl (C=O) groups is 9. The number of amides is 8. The fourth-order valence-electron chi connectivity index (χ4n) is 10.5. The van der Waals surface area contributed by atoms with Gasteiger partial charge in [0.15, 0.2) is 29.2 Å². The van der Waals surface area contributed by atoms with Crippen molar-refractivity contribution in [1.29, 1.82) is 0 Å². The first-order chi connectivity index (χ1) is 40.6. The molecule has 85 heavy (non-hydrogen) atoms. The van der Waals surface area contributed by atoms with Crippen LogP contribution in [0.15, 0.2) is 97.1 Å². The van der Waals surface area contributed by atoms with Gasteiger partial charge in [-0.2, -0.15) is 0 Å². The molecule has 0 saturated carbocycles. The standard InChI is InChI=1S/C60H65N9O16/c1-31(2)53(65-50(70)15-16-66-51(71)13-14-52(66)72)55(74)62-34(5)54(73)64-37-11-9-35(10-12-37)28-85-60(79)69-44-24-49(47(81-7)22-42(44)57(76)68-27-33(4)18-45(68)58(69)77)84-30-39-20-36(59(78)82-8)19-38(63-39)29-83-48-23-43-41(21-46(48)80-6)56(75)67-26-32(3)17-40(67)25-61-43/h9-14,19-24,31,34,40,45,53,58,61,77H,3-4,15-18,25-30H2,1-2,5-8H3,(H,62,74)(H,64,73)(H,65,70)/t34-,40-,45-,53-,58-/m0/s1. The van der Waals surface area contributed by atoms with Crippen LogP contribution in [0.1, 0.15) is 88.1 Å². The Morgan fingerprint density at radius 1 is 0.741 bits per heavy atom. The third-order valence-corrected chi connectivity index (χ3v) is 15.0. The summed E-state index contributed by atoms with van der Waals surface area (Å²) in [6.07, 6.45) is 0.210. The summed E-state index contributed by atoms with van der Waals surface area (Å²) in [7, 11) is 4.05. The first-order valence-corrected chi connectivity index (χ1v) is 27.3. The molecular weight excluding hydrogens is 1100 g/mol. The van der Waals surface area contributed by atoms with E-state index in [0.29, 0.717) is 64.8 Å². The maximum Gasteiger partial charge on any atom is 0.416 e. The summed E-state index contributed by atoms with van der Waals surface area (Å²) in [5, 5.41) is 23.3. The molecule has 2 saturated heterocycles. The number of anilines is 3. The Labute approximate surface area is 488 Å². The Hall–Kier alpha value is -9.78. The Morgan fingerprint density at radius 3 is 1.99 bits per heavy atom. The molecule has 5 aliphatic heterocycles. The molecule has 25 nitrogen and oxygen atoms in total. The number of rotatable bonds is 20. The van der Waals surface area contributed by atoms with Gasteiger partial charge in [0.05, 0.1) is 72.9 Å². The Bertz CT molecular complexity index is 3420. The smallest absolute Gasteiger partial charge is 0.416 e. The molecular formula is C60H65N9O16. The van der Waals surface area contributed by atoms with Crippen LogP contribution in [0.5, 0.6) is 23.0 Å². The molecule has 5 N–H and O–H groups in total. The first-order valence-electron chi connectivity index (χ1n) is 27.3. The highest BCUT2D eigenvalue weighted by Gasteiger charge is 2.47. The second-order valence-electron chi connectivity index (χ2n) is 21.3. The minimum Gasteiger partial charge on any atom is -0.493 e. The third kappa shape index (κ3) is 13.1. The van der Waals surface area contributed by atoms with Crippen LogP contribution in [0.25, 0.3) is 0 Å². The second-order valence-corrected chi connectivity index (χ2v) is 21.3. The zero-order chi connectivity index (χ0) is 61.0. The van der Waals surface area contributed by atoms with Crippen LogP contribution < -0.4 is 45.1 Å². The molecule has 2 fully saturated rings. The monoisotopic (exact) mass is 1170 g/mol. The highest BCUT2D eigenvalue weighted by molar-refractivity contribution is 6.13. The Kier molecular flexibility index (Phi) is 17.9. The molecule has 0 bridgehead atoms. The topological polar surface area (TPSA) is 303 Å². The summed E-state index contributed by atoms with van der Waals surface area (Å²) in [6.45, 7) is 13.1. The van der Waals surface area contributed by atoms with E-state index in [9.17, 15) is 48.3 Å². The third-order valence-electron chi connectivity index (χ3n) is 15.0. The largest absolute Gasteiger partial charge is 0.493 e. The number of aromatic nitrogens is 1. The van der Waals surface area contributed by atoms with Crippen molar-refractivity contribution in [1.82, 2.24) is 30.3 Å². The molecule has 4 aromatic rings. The molecule has 5 aliphatic rings. The minimum atomic E-state index is -1.63. The molecule has 5 atom stereocenters. The van der Waals surface area contributed by atoms with Gasteiger partial charge in [0.25, 0.3) is 23.6 Å². The summed E-state index contributed by atoms with van der Waals surface area (Å²) >= 11 is 0. The van der Waals surface area contributed by atoms with Gasteiger partial charge < -0.3 is 64.6 Å². The van der Waals surface area contributed by atoms with E-state index >= 15 is 0 Å². The number of benzene rings is 3. The van der Waals surface area contributed by atoms with Crippen molar-refractivity contribution in [2.24, 2.45) is 5.92 Å². The molecule has 0 unspecified atom stereocenters.